The predicted molar refractivity (Wildman–Crippen MR) is 124 cm³/mol. The Morgan fingerprint density at radius 1 is 0.871 bits per heavy atom. The number of unbranched alkanes of at least 4 members (excludes halogenated alkanes) is 4. The second kappa shape index (κ2) is 14.9. The Balaban J connectivity index is 2.78. The van der Waals surface area contributed by atoms with Crippen LogP contribution in [0.1, 0.15) is 85.1 Å². The van der Waals surface area contributed by atoms with Crippen LogP contribution >= 0.6 is 0 Å². The summed E-state index contributed by atoms with van der Waals surface area (Å²) in [6, 6.07) is 7.92. The van der Waals surface area contributed by atoms with Gasteiger partial charge >= 0.3 is 11.9 Å². The maximum Gasteiger partial charge on any atom is 0.323 e. The first-order valence-corrected chi connectivity index (χ1v) is 12.0. The molecule has 0 amide bonds. The summed E-state index contributed by atoms with van der Waals surface area (Å²) < 4.78 is 16.4. The molecule has 1 rings (SSSR count). The molecule has 5 heteroatoms. The Morgan fingerprint density at radius 3 is 1.97 bits per heavy atom. The van der Waals surface area contributed by atoms with Crippen molar-refractivity contribution in [2.45, 2.75) is 86.0 Å². The molecular weight excluding hydrogens is 392 g/mol. The van der Waals surface area contributed by atoms with Gasteiger partial charge in [0.25, 0.3) is 0 Å². The summed E-state index contributed by atoms with van der Waals surface area (Å²) in [6.45, 7) is 10.9. The molecule has 1 aromatic rings. The summed E-state index contributed by atoms with van der Waals surface area (Å²) in [6.07, 6.45) is 7.41. The van der Waals surface area contributed by atoms with E-state index in [1.165, 1.54) is 25.7 Å². The van der Waals surface area contributed by atoms with Gasteiger partial charge in [-0.25, -0.2) is 0 Å². The molecule has 0 aliphatic heterocycles. The molecule has 1 aromatic carbocycles. The van der Waals surface area contributed by atoms with Crippen LogP contribution in [0, 0.1) is 11.3 Å². The molecule has 0 spiro atoms. The van der Waals surface area contributed by atoms with Crippen LogP contribution in [0.4, 0.5) is 0 Å². The highest BCUT2D eigenvalue weighted by Gasteiger charge is 2.48. The molecule has 0 heterocycles. The van der Waals surface area contributed by atoms with Gasteiger partial charge in [-0.1, -0.05) is 58.6 Å². The molecule has 0 bridgehead atoms. The molecule has 0 aliphatic carbocycles. The Hall–Kier alpha value is -2.04. The number of carbonyl (C=O) groups is 2. The molecule has 0 aliphatic rings. The average molecular weight is 435 g/mol. The van der Waals surface area contributed by atoms with Gasteiger partial charge in [0.05, 0.1) is 19.8 Å². The molecule has 0 saturated carbocycles. The van der Waals surface area contributed by atoms with Crippen LogP contribution in [-0.2, 0) is 25.5 Å². The minimum Gasteiger partial charge on any atom is -0.494 e. The lowest BCUT2D eigenvalue weighted by Crippen LogP contribution is -2.43. The van der Waals surface area contributed by atoms with Gasteiger partial charge in [0.15, 0.2) is 5.41 Å². The van der Waals surface area contributed by atoms with E-state index in [0.29, 0.717) is 19.3 Å². The molecule has 5 nitrogen and oxygen atoms in total. The van der Waals surface area contributed by atoms with Crippen molar-refractivity contribution >= 4 is 11.9 Å². The van der Waals surface area contributed by atoms with Gasteiger partial charge in [0, 0.05) is 0 Å². The number of carbonyl (C=O) groups excluding carboxylic acids is 2. The first-order valence-electron chi connectivity index (χ1n) is 12.0. The lowest BCUT2D eigenvalue weighted by atomic mass is 9.75. The van der Waals surface area contributed by atoms with Crippen molar-refractivity contribution in [1.29, 1.82) is 0 Å². The van der Waals surface area contributed by atoms with Crippen molar-refractivity contribution in [1.82, 2.24) is 0 Å². The van der Waals surface area contributed by atoms with Crippen LogP contribution in [0.2, 0.25) is 0 Å². The zero-order valence-corrected chi connectivity index (χ0v) is 20.2. The number of aryl methyl sites for hydroxylation is 1. The van der Waals surface area contributed by atoms with Crippen molar-refractivity contribution < 1.29 is 23.8 Å². The SMILES string of the molecule is CCCCCCCOc1ccc(CCC(CC(C)C)(C(=O)OCC)C(=O)OCC)cc1. The molecule has 0 unspecified atom stereocenters. The molecule has 0 radical (unpaired) electrons. The molecule has 31 heavy (non-hydrogen) atoms. The first-order chi connectivity index (χ1) is 14.9. The summed E-state index contributed by atoms with van der Waals surface area (Å²) in [4.78, 5) is 25.7. The highest BCUT2D eigenvalue weighted by Crippen LogP contribution is 2.35. The van der Waals surface area contributed by atoms with Crippen LogP contribution in [0.15, 0.2) is 24.3 Å². The van der Waals surface area contributed by atoms with E-state index in [1.54, 1.807) is 13.8 Å². The number of rotatable bonds is 16. The van der Waals surface area contributed by atoms with Crippen LogP contribution in [0.3, 0.4) is 0 Å². The second-order valence-corrected chi connectivity index (χ2v) is 8.53. The predicted octanol–water partition coefficient (Wildman–Crippen LogP) is 6.13. The molecule has 0 aromatic heterocycles. The van der Waals surface area contributed by atoms with E-state index in [0.717, 1.165) is 24.3 Å². The third-order valence-corrected chi connectivity index (χ3v) is 5.37. The Bertz CT molecular complexity index is 618. The molecule has 0 atom stereocenters. The van der Waals surface area contributed by atoms with Crippen molar-refractivity contribution in [2.24, 2.45) is 11.3 Å². The van der Waals surface area contributed by atoms with E-state index < -0.39 is 17.4 Å². The van der Waals surface area contributed by atoms with Crippen LogP contribution in [-0.4, -0.2) is 31.8 Å². The topological polar surface area (TPSA) is 61.8 Å². The molecule has 0 N–H and O–H groups in total. The fourth-order valence-electron chi connectivity index (χ4n) is 3.80. The van der Waals surface area contributed by atoms with Gasteiger partial charge in [0.2, 0.25) is 0 Å². The fourth-order valence-corrected chi connectivity index (χ4v) is 3.80. The van der Waals surface area contributed by atoms with E-state index >= 15 is 0 Å². The van der Waals surface area contributed by atoms with E-state index in [2.05, 4.69) is 6.92 Å². The minimum atomic E-state index is -1.27. The molecule has 0 saturated heterocycles. The largest absolute Gasteiger partial charge is 0.494 e. The number of hydrogen-bond acceptors (Lipinski definition) is 5. The Labute approximate surface area is 188 Å². The summed E-state index contributed by atoms with van der Waals surface area (Å²) in [5, 5.41) is 0. The third kappa shape index (κ3) is 9.32. The Kier molecular flexibility index (Phi) is 13.0. The van der Waals surface area contributed by atoms with Gasteiger partial charge in [-0.05, 0) is 63.1 Å². The summed E-state index contributed by atoms with van der Waals surface area (Å²) in [5.74, 6) is 0.0424. The summed E-state index contributed by atoms with van der Waals surface area (Å²) in [7, 11) is 0. The minimum absolute atomic E-state index is 0.155. The average Bonchev–Trinajstić information content (AvgIpc) is 2.74. The van der Waals surface area contributed by atoms with Crippen LogP contribution in [0.25, 0.3) is 0 Å². The third-order valence-electron chi connectivity index (χ3n) is 5.37. The number of hydrogen-bond donors (Lipinski definition) is 0. The first kappa shape index (κ1) is 27.0. The zero-order valence-electron chi connectivity index (χ0n) is 20.2. The van der Waals surface area contributed by atoms with Gasteiger partial charge in [-0.15, -0.1) is 0 Å². The summed E-state index contributed by atoms with van der Waals surface area (Å²) in [5.41, 5.74) is -0.217. The second-order valence-electron chi connectivity index (χ2n) is 8.53. The van der Waals surface area contributed by atoms with Gasteiger partial charge in [-0.3, -0.25) is 9.59 Å². The molecular formula is C26H42O5. The quantitative estimate of drug-likeness (QED) is 0.178. The number of esters is 2. The standard InChI is InChI=1S/C26H42O5/c1-6-9-10-11-12-19-31-23-15-13-22(14-16-23)17-18-26(20-21(4)5,24(27)29-7-2)25(28)30-8-3/h13-16,21H,6-12,17-20H2,1-5H3. The monoisotopic (exact) mass is 434 g/mol. The highest BCUT2D eigenvalue weighted by atomic mass is 16.6. The molecule has 176 valence electrons. The fraction of sp³-hybridized carbons (Fsp3) is 0.692. The maximum atomic E-state index is 12.9. The number of benzene rings is 1. The van der Waals surface area contributed by atoms with Gasteiger partial charge in [0.1, 0.15) is 5.75 Å². The summed E-state index contributed by atoms with van der Waals surface area (Å²) >= 11 is 0. The smallest absolute Gasteiger partial charge is 0.323 e. The van der Waals surface area contributed by atoms with Crippen molar-refractivity contribution in [3.63, 3.8) is 0 Å². The van der Waals surface area contributed by atoms with E-state index in [9.17, 15) is 9.59 Å². The van der Waals surface area contributed by atoms with Gasteiger partial charge in [-0.2, -0.15) is 0 Å². The van der Waals surface area contributed by atoms with Crippen molar-refractivity contribution in [3.8, 4) is 5.75 Å². The van der Waals surface area contributed by atoms with E-state index in [4.69, 9.17) is 14.2 Å². The molecule has 0 fully saturated rings. The Morgan fingerprint density at radius 2 is 1.45 bits per heavy atom. The van der Waals surface area contributed by atoms with Gasteiger partial charge < -0.3 is 14.2 Å². The maximum absolute atomic E-state index is 12.9. The van der Waals surface area contributed by atoms with Crippen molar-refractivity contribution in [3.05, 3.63) is 29.8 Å². The lowest BCUT2D eigenvalue weighted by molar-refractivity contribution is -0.174. The highest BCUT2D eigenvalue weighted by molar-refractivity contribution is 6.00. The van der Waals surface area contributed by atoms with Crippen LogP contribution in [0.5, 0.6) is 5.75 Å². The normalized spacial score (nSPS) is 11.4. The van der Waals surface area contributed by atoms with Crippen molar-refractivity contribution in [2.75, 3.05) is 19.8 Å². The zero-order chi connectivity index (χ0) is 23.1. The van der Waals surface area contributed by atoms with E-state index in [-0.39, 0.29) is 19.1 Å². The lowest BCUT2D eigenvalue weighted by Gasteiger charge is -2.30. The number of ether oxygens (including phenoxy) is 3. The van der Waals surface area contributed by atoms with Crippen LogP contribution < -0.4 is 4.74 Å². The van der Waals surface area contributed by atoms with E-state index in [1.807, 2.05) is 38.1 Å².